The van der Waals surface area contributed by atoms with Crippen molar-refractivity contribution in [2.24, 2.45) is 0 Å². The van der Waals surface area contributed by atoms with Crippen LogP contribution >= 0.6 is 0 Å². The lowest BCUT2D eigenvalue weighted by atomic mass is 10.1. The van der Waals surface area contributed by atoms with Crippen molar-refractivity contribution in [2.75, 3.05) is 32.1 Å². The van der Waals surface area contributed by atoms with Crippen molar-refractivity contribution in [1.82, 2.24) is 24.5 Å². The first-order valence-electron chi connectivity index (χ1n) is 7.05. The summed E-state index contributed by atoms with van der Waals surface area (Å²) < 4.78 is 40.4. The van der Waals surface area contributed by atoms with Crippen LogP contribution in [-0.4, -0.2) is 57.7 Å². The molecule has 1 atom stereocenters. The van der Waals surface area contributed by atoms with Gasteiger partial charge in [0.05, 0.1) is 0 Å². The quantitative estimate of drug-likeness (QED) is 0.844. The molecule has 3 rings (SSSR count). The lowest BCUT2D eigenvalue weighted by Gasteiger charge is -2.37. The Hall–Kier alpha value is -1.90. The average Bonchev–Trinajstić information content (AvgIpc) is 2.93. The number of piperidine rings is 1. The smallest absolute Gasteiger partial charge is 0.355 e. The predicted molar refractivity (Wildman–Crippen MR) is 74.7 cm³/mol. The predicted octanol–water partition coefficient (Wildman–Crippen LogP) is 1.67. The number of likely N-dealkylation sites (N-methyl/N-ethyl adjacent to an activating group) is 2. The van der Waals surface area contributed by atoms with E-state index >= 15 is 0 Å². The van der Waals surface area contributed by atoms with Gasteiger partial charge in [-0.05, 0) is 26.4 Å². The fraction of sp³-hybridized carbons (Fsp3) is 0.615. The number of anilines is 1. The SMILES string of the molecule is CN1CCCC(N(C)c2cc(C(F)(F)F)nc3ncnn23)C1. The molecule has 0 amide bonds. The van der Waals surface area contributed by atoms with Crippen LogP contribution in [0.15, 0.2) is 12.4 Å². The Morgan fingerprint density at radius 3 is 2.82 bits per heavy atom. The van der Waals surface area contributed by atoms with E-state index < -0.39 is 11.9 Å². The molecule has 9 heteroatoms. The van der Waals surface area contributed by atoms with E-state index in [0.717, 1.165) is 32.0 Å². The average molecular weight is 314 g/mol. The van der Waals surface area contributed by atoms with Gasteiger partial charge >= 0.3 is 6.18 Å². The van der Waals surface area contributed by atoms with Crippen molar-refractivity contribution in [3.05, 3.63) is 18.1 Å². The summed E-state index contributed by atoms with van der Waals surface area (Å²) in [6, 6.07) is 1.17. The molecule has 0 saturated carbocycles. The Morgan fingerprint density at radius 2 is 2.14 bits per heavy atom. The van der Waals surface area contributed by atoms with Crippen LogP contribution in [0, 0.1) is 0 Å². The first-order valence-corrected chi connectivity index (χ1v) is 7.05. The van der Waals surface area contributed by atoms with Crippen molar-refractivity contribution < 1.29 is 13.2 Å². The molecule has 1 aliphatic heterocycles. The van der Waals surface area contributed by atoms with E-state index in [1.807, 2.05) is 11.9 Å². The zero-order valence-corrected chi connectivity index (χ0v) is 12.4. The molecule has 1 unspecified atom stereocenters. The molecular weight excluding hydrogens is 297 g/mol. The van der Waals surface area contributed by atoms with Gasteiger partial charge in [-0.2, -0.15) is 27.8 Å². The lowest BCUT2D eigenvalue weighted by Crippen LogP contribution is -2.45. The number of likely N-dealkylation sites (tertiary alicyclic amines) is 1. The molecule has 1 aliphatic rings. The van der Waals surface area contributed by atoms with Crippen molar-refractivity contribution in [1.29, 1.82) is 0 Å². The maximum Gasteiger partial charge on any atom is 0.433 e. The number of aromatic nitrogens is 4. The highest BCUT2D eigenvalue weighted by Crippen LogP contribution is 2.31. The van der Waals surface area contributed by atoms with Crippen LogP contribution in [0.5, 0.6) is 0 Å². The fourth-order valence-electron chi connectivity index (χ4n) is 2.84. The van der Waals surface area contributed by atoms with Gasteiger partial charge in [0.15, 0.2) is 5.69 Å². The lowest BCUT2D eigenvalue weighted by molar-refractivity contribution is -0.141. The van der Waals surface area contributed by atoms with Gasteiger partial charge in [-0.3, -0.25) is 0 Å². The molecular formula is C13H17F3N6. The zero-order valence-electron chi connectivity index (χ0n) is 12.4. The summed E-state index contributed by atoms with van der Waals surface area (Å²) >= 11 is 0. The minimum absolute atomic E-state index is 0.0409. The first-order chi connectivity index (χ1) is 10.4. The van der Waals surface area contributed by atoms with Crippen LogP contribution in [0.3, 0.4) is 0 Å². The van der Waals surface area contributed by atoms with Gasteiger partial charge in [-0.15, -0.1) is 0 Å². The van der Waals surface area contributed by atoms with Gasteiger partial charge in [0.1, 0.15) is 12.1 Å². The summed E-state index contributed by atoms with van der Waals surface area (Å²) in [6.07, 6.45) is -1.34. The van der Waals surface area contributed by atoms with Gasteiger partial charge in [0.25, 0.3) is 5.78 Å². The molecule has 1 fully saturated rings. The molecule has 0 radical (unpaired) electrons. The summed E-state index contributed by atoms with van der Waals surface area (Å²) in [5.74, 6) is 0.316. The van der Waals surface area contributed by atoms with E-state index in [2.05, 4.69) is 20.0 Å². The Bertz CT molecular complexity index is 667. The van der Waals surface area contributed by atoms with E-state index in [1.165, 1.54) is 10.8 Å². The second kappa shape index (κ2) is 5.38. The van der Waals surface area contributed by atoms with Crippen molar-refractivity contribution >= 4 is 11.6 Å². The summed E-state index contributed by atoms with van der Waals surface area (Å²) in [5, 5.41) is 4.00. The highest BCUT2D eigenvalue weighted by atomic mass is 19.4. The topological polar surface area (TPSA) is 49.6 Å². The number of hydrogen-bond acceptors (Lipinski definition) is 5. The molecule has 2 aromatic rings. The van der Waals surface area contributed by atoms with Crippen LogP contribution in [-0.2, 0) is 6.18 Å². The summed E-state index contributed by atoms with van der Waals surface area (Å²) in [7, 11) is 3.80. The molecule has 22 heavy (non-hydrogen) atoms. The molecule has 0 bridgehead atoms. The van der Waals surface area contributed by atoms with Crippen LogP contribution in [0.1, 0.15) is 18.5 Å². The van der Waals surface area contributed by atoms with Crippen LogP contribution in [0.2, 0.25) is 0 Å². The molecule has 0 aromatic carbocycles. The summed E-state index contributed by atoms with van der Waals surface area (Å²) in [5.41, 5.74) is -0.945. The number of hydrogen-bond donors (Lipinski definition) is 0. The molecule has 0 N–H and O–H groups in total. The van der Waals surface area contributed by atoms with Crippen molar-refractivity contribution in [2.45, 2.75) is 25.1 Å². The number of alkyl halides is 3. The second-order valence-corrected chi connectivity index (χ2v) is 5.64. The van der Waals surface area contributed by atoms with Gasteiger partial charge in [-0.25, -0.2) is 4.98 Å². The molecule has 6 nitrogen and oxygen atoms in total. The largest absolute Gasteiger partial charge is 0.433 e. The maximum absolute atomic E-state index is 13.0. The monoisotopic (exact) mass is 314 g/mol. The molecule has 3 heterocycles. The molecule has 120 valence electrons. The van der Waals surface area contributed by atoms with Crippen molar-refractivity contribution in [3.8, 4) is 0 Å². The maximum atomic E-state index is 13.0. The highest BCUT2D eigenvalue weighted by molar-refractivity contribution is 5.48. The summed E-state index contributed by atoms with van der Waals surface area (Å²) in [4.78, 5) is 11.4. The summed E-state index contributed by atoms with van der Waals surface area (Å²) in [6.45, 7) is 1.81. The number of rotatable bonds is 2. The molecule has 0 aliphatic carbocycles. The highest BCUT2D eigenvalue weighted by Gasteiger charge is 2.35. The normalized spacial score (nSPS) is 20.5. The van der Waals surface area contributed by atoms with Crippen LogP contribution in [0.25, 0.3) is 5.78 Å². The first kappa shape index (κ1) is 15.0. The third-order valence-corrected chi connectivity index (χ3v) is 4.03. The Balaban J connectivity index is 2.02. The third-order valence-electron chi connectivity index (χ3n) is 4.03. The van der Waals surface area contributed by atoms with Gasteiger partial charge < -0.3 is 9.80 Å². The zero-order chi connectivity index (χ0) is 15.9. The van der Waals surface area contributed by atoms with E-state index in [0.29, 0.717) is 5.82 Å². The van der Waals surface area contributed by atoms with Gasteiger partial charge in [-0.1, -0.05) is 0 Å². The number of nitrogens with zero attached hydrogens (tertiary/aromatic N) is 6. The van der Waals surface area contributed by atoms with Gasteiger partial charge in [0, 0.05) is 25.7 Å². The molecule has 1 saturated heterocycles. The third kappa shape index (κ3) is 2.72. The van der Waals surface area contributed by atoms with Crippen LogP contribution in [0.4, 0.5) is 19.0 Å². The van der Waals surface area contributed by atoms with E-state index in [-0.39, 0.29) is 11.8 Å². The number of fused-ring (bicyclic) bond motifs is 1. The van der Waals surface area contributed by atoms with E-state index in [1.54, 1.807) is 7.05 Å². The minimum Gasteiger partial charge on any atom is -0.355 e. The fourth-order valence-corrected chi connectivity index (χ4v) is 2.84. The van der Waals surface area contributed by atoms with Crippen molar-refractivity contribution in [3.63, 3.8) is 0 Å². The standard InChI is InChI=1S/C13H17F3N6/c1-20-5-3-4-9(7-20)21(2)11-6-10(13(14,15)16)19-12-17-8-18-22(11)12/h6,8-9H,3-5,7H2,1-2H3. The van der Waals surface area contributed by atoms with E-state index in [4.69, 9.17) is 0 Å². The molecule has 2 aromatic heterocycles. The van der Waals surface area contributed by atoms with Gasteiger partial charge in [0.2, 0.25) is 0 Å². The Kier molecular flexibility index (Phi) is 3.67. The minimum atomic E-state index is -4.51. The van der Waals surface area contributed by atoms with Crippen LogP contribution < -0.4 is 4.90 Å². The molecule has 0 spiro atoms. The number of halogens is 3. The van der Waals surface area contributed by atoms with E-state index in [9.17, 15) is 13.2 Å². The Labute approximate surface area is 125 Å². The Morgan fingerprint density at radius 1 is 1.36 bits per heavy atom. The second-order valence-electron chi connectivity index (χ2n) is 5.64.